The van der Waals surface area contributed by atoms with Crippen molar-refractivity contribution >= 4 is 29.6 Å². The molecule has 4 rings (SSSR count). The van der Waals surface area contributed by atoms with Crippen molar-refractivity contribution < 1.29 is 29.1 Å². The Morgan fingerprint density at radius 3 is 2.08 bits per heavy atom. The summed E-state index contributed by atoms with van der Waals surface area (Å²) in [6.07, 6.45) is 8.03. The fraction of sp³-hybridized carbons (Fsp3) is 0.694. The van der Waals surface area contributed by atoms with Crippen LogP contribution >= 0.6 is 0 Å². The molecule has 49 heavy (non-hydrogen) atoms. The summed E-state index contributed by atoms with van der Waals surface area (Å²) in [5.41, 5.74) is 13.0. The van der Waals surface area contributed by atoms with Gasteiger partial charge in [0.05, 0.1) is 12.6 Å². The first kappa shape index (κ1) is 38.3. The second-order valence-electron chi connectivity index (χ2n) is 14.6. The number of carbonyl (C=O) groups is 5. The number of nitrogens with one attached hydrogen (secondary N) is 3. The normalized spacial score (nSPS) is 21.9. The van der Waals surface area contributed by atoms with E-state index < -0.39 is 42.0 Å². The van der Waals surface area contributed by atoms with Gasteiger partial charge in [-0.1, -0.05) is 63.4 Å². The summed E-state index contributed by atoms with van der Waals surface area (Å²) in [5, 5.41) is 18.0. The molecule has 8 N–H and O–H groups in total. The van der Waals surface area contributed by atoms with Crippen molar-refractivity contribution in [2.75, 3.05) is 26.2 Å². The lowest BCUT2D eigenvalue weighted by atomic mass is 9.84. The minimum atomic E-state index is -0.955. The Balaban J connectivity index is 1.47. The first-order valence-electron chi connectivity index (χ1n) is 18.1. The number of amides is 4. The number of aliphatic carboxylic acids is 1. The Labute approximate surface area is 290 Å². The van der Waals surface area contributed by atoms with Gasteiger partial charge in [0, 0.05) is 31.6 Å². The van der Waals surface area contributed by atoms with Crippen LogP contribution < -0.4 is 27.4 Å². The zero-order chi connectivity index (χ0) is 35.5. The lowest BCUT2D eigenvalue weighted by Gasteiger charge is -2.56. The van der Waals surface area contributed by atoms with E-state index in [0.29, 0.717) is 45.3 Å². The van der Waals surface area contributed by atoms with E-state index in [1.54, 1.807) is 4.90 Å². The van der Waals surface area contributed by atoms with Gasteiger partial charge in [-0.25, -0.2) is 0 Å². The molecule has 3 fully saturated rings. The molecule has 6 unspecified atom stereocenters. The number of benzene rings is 1. The monoisotopic (exact) mass is 683 g/mol. The number of likely N-dealkylation sites (tertiary alicyclic amines) is 2. The molecule has 1 aromatic rings. The van der Waals surface area contributed by atoms with Crippen molar-refractivity contribution in [3.63, 3.8) is 0 Å². The number of nitrogens with two attached hydrogens (primary N) is 2. The predicted molar refractivity (Wildman–Crippen MR) is 186 cm³/mol. The molecule has 13 heteroatoms. The number of carboxylic acid groups (broad SMARTS) is 1. The fourth-order valence-corrected chi connectivity index (χ4v) is 7.59. The van der Waals surface area contributed by atoms with Crippen LogP contribution in [0.2, 0.25) is 0 Å². The van der Waals surface area contributed by atoms with Crippen LogP contribution in [-0.4, -0.2) is 107 Å². The second-order valence-corrected chi connectivity index (χ2v) is 14.6. The number of carbonyl (C=O) groups excluding carboxylic acids is 4. The lowest BCUT2D eigenvalue weighted by Crippen LogP contribution is -2.72. The van der Waals surface area contributed by atoms with Crippen LogP contribution in [0.3, 0.4) is 0 Å². The smallest absolute Gasteiger partial charge is 0.317 e. The molecule has 2 heterocycles. The van der Waals surface area contributed by atoms with E-state index in [1.165, 1.54) is 0 Å². The van der Waals surface area contributed by atoms with Gasteiger partial charge in [0.2, 0.25) is 23.6 Å². The van der Waals surface area contributed by atoms with E-state index in [0.717, 1.165) is 44.1 Å². The summed E-state index contributed by atoms with van der Waals surface area (Å²) < 4.78 is 0. The van der Waals surface area contributed by atoms with Gasteiger partial charge in [-0.15, -0.1) is 0 Å². The van der Waals surface area contributed by atoms with Crippen LogP contribution in [0.4, 0.5) is 0 Å². The highest BCUT2D eigenvalue weighted by molar-refractivity contribution is 5.95. The molecule has 1 aliphatic carbocycles. The van der Waals surface area contributed by atoms with E-state index in [9.17, 15) is 29.1 Å². The average molecular weight is 684 g/mol. The van der Waals surface area contributed by atoms with E-state index in [2.05, 4.69) is 16.0 Å². The first-order chi connectivity index (χ1) is 23.5. The molecule has 0 radical (unpaired) electrons. The second kappa shape index (κ2) is 18.4. The highest BCUT2D eigenvalue weighted by atomic mass is 16.4. The van der Waals surface area contributed by atoms with Crippen molar-refractivity contribution in [1.29, 1.82) is 0 Å². The number of piperidine rings is 1. The van der Waals surface area contributed by atoms with Crippen molar-refractivity contribution in [2.24, 2.45) is 23.3 Å². The maximum absolute atomic E-state index is 13.9. The van der Waals surface area contributed by atoms with Crippen molar-refractivity contribution in [3.8, 4) is 0 Å². The Kier molecular flexibility index (Phi) is 14.4. The third kappa shape index (κ3) is 11.0. The van der Waals surface area contributed by atoms with Crippen molar-refractivity contribution in [1.82, 2.24) is 25.8 Å². The van der Waals surface area contributed by atoms with Gasteiger partial charge < -0.3 is 37.4 Å². The number of hydrogen-bond donors (Lipinski definition) is 6. The average Bonchev–Trinajstić information content (AvgIpc) is 3.07. The third-order valence-corrected chi connectivity index (χ3v) is 10.2. The molecule has 13 nitrogen and oxygen atoms in total. The van der Waals surface area contributed by atoms with Crippen LogP contribution in [0, 0.1) is 11.8 Å². The number of nitrogens with zero attached hydrogens (tertiary/aromatic N) is 2. The Morgan fingerprint density at radius 2 is 1.47 bits per heavy atom. The Hall–Kier alpha value is -3.55. The van der Waals surface area contributed by atoms with Crippen molar-refractivity contribution in [3.05, 3.63) is 35.9 Å². The van der Waals surface area contributed by atoms with Gasteiger partial charge in [-0.2, -0.15) is 0 Å². The highest BCUT2D eigenvalue weighted by Crippen LogP contribution is 2.33. The van der Waals surface area contributed by atoms with Gasteiger partial charge in [-0.3, -0.25) is 28.9 Å². The minimum absolute atomic E-state index is 0.0410. The number of carboxylic acids is 1. The zero-order valence-corrected chi connectivity index (χ0v) is 29.1. The topological polar surface area (TPSA) is 200 Å². The van der Waals surface area contributed by atoms with Gasteiger partial charge in [0.1, 0.15) is 18.1 Å². The summed E-state index contributed by atoms with van der Waals surface area (Å²) >= 11 is 0. The maximum atomic E-state index is 13.9. The fourth-order valence-electron chi connectivity index (χ4n) is 7.59. The summed E-state index contributed by atoms with van der Waals surface area (Å²) in [6, 6.07) is 5.74. The maximum Gasteiger partial charge on any atom is 0.317 e. The molecule has 0 aromatic heterocycles. The van der Waals surface area contributed by atoms with Crippen LogP contribution in [0.1, 0.15) is 83.6 Å². The zero-order valence-electron chi connectivity index (χ0n) is 29.1. The molecule has 272 valence electrons. The van der Waals surface area contributed by atoms with E-state index in [-0.39, 0.29) is 48.7 Å². The van der Waals surface area contributed by atoms with Gasteiger partial charge in [0.25, 0.3) is 0 Å². The van der Waals surface area contributed by atoms with Crippen LogP contribution in [0.15, 0.2) is 30.3 Å². The molecule has 0 spiro atoms. The lowest BCUT2D eigenvalue weighted by molar-refractivity contribution is -0.159. The SMILES string of the molecule is CC(C)CC(NC(=O)C(Cc1ccccc1)NC(=O)C(N)C1CCCCC1)C(=O)NC(CCCCN)C(=O)N1C2CC1CN(CC(=O)O)C2. The largest absolute Gasteiger partial charge is 0.480 e. The van der Waals surface area contributed by atoms with Gasteiger partial charge in [0.15, 0.2) is 0 Å². The summed E-state index contributed by atoms with van der Waals surface area (Å²) in [6.45, 7) is 5.24. The number of hydrogen-bond acceptors (Lipinski definition) is 8. The van der Waals surface area contributed by atoms with Crippen molar-refractivity contribution in [2.45, 2.75) is 121 Å². The molecule has 1 aromatic carbocycles. The Bertz CT molecular complexity index is 1260. The quantitative estimate of drug-likeness (QED) is 0.123. The molecule has 2 aliphatic heterocycles. The molecule has 6 atom stereocenters. The third-order valence-electron chi connectivity index (χ3n) is 10.2. The number of piperazine rings is 1. The minimum Gasteiger partial charge on any atom is -0.480 e. The molecular formula is C36H57N7O6. The van der Waals surface area contributed by atoms with E-state index in [1.807, 2.05) is 49.1 Å². The van der Waals surface area contributed by atoms with Crippen LogP contribution in [0.25, 0.3) is 0 Å². The molecular weight excluding hydrogens is 626 g/mol. The van der Waals surface area contributed by atoms with Crippen LogP contribution in [-0.2, 0) is 30.4 Å². The number of unbranched alkanes of at least 4 members (excludes halogenated alkanes) is 1. The molecule has 1 saturated carbocycles. The Morgan fingerprint density at radius 1 is 0.857 bits per heavy atom. The molecule has 2 bridgehead atoms. The number of rotatable bonds is 18. The van der Waals surface area contributed by atoms with Gasteiger partial charge in [-0.05, 0) is 68.9 Å². The first-order valence-corrected chi connectivity index (χ1v) is 18.1. The molecule has 4 amide bonds. The van der Waals surface area contributed by atoms with Crippen LogP contribution in [0.5, 0.6) is 0 Å². The van der Waals surface area contributed by atoms with E-state index in [4.69, 9.17) is 11.5 Å². The standard InChI is InChI=1S/C36H57N7O6/c1-23(2)17-29(33(46)39-28(15-9-10-16-37)36(49)43-26-19-27(43)21-42(20-26)22-31(44)45)40-34(47)30(18-24-11-5-3-6-12-24)41-35(48)32(38)25-13-7-4-8-14-25/h3,5-6,11-12,23,25-30,32H,4,7-10,13-22,37-38H2,1-2H3,(H,39,46)(H,40,47)(H,41,48)(H,44,45). The number of fused-ring (bicyclic) bond motifs is 2. The van der Waals surface area contributed by atoms with Gasteiger partial charge >= 0.3 is 5.97 Å². The summed E-state index contributed by atoms with van der Waals surface area (Å²) in [5.74, 6) is -2.32. The highest BCUT2D eigenvalue weighted by Gasteiger charge is 2.49. The summed E-state index contributed by atoms with van der Waals surface area (Å²) in [7, 11) is 0. The molecule has 2 saturated heterocycles. The van der Waals surface area contributed by atoms with E-state index >= 15 is 0 Å². The molecule has 3 aliphatic rings. The summed E-state index contributed by atoms with van der Waals surface area (Å²) in [4.78, 5) is 70.0. The predicted octanol–water partition coefficient (Wildman–Crippen LogP) is 1.14.